The number of amides is 1. The number of carboxylic acids is 1. The van der Waals surface area contributed by atoms with Crippen molar-refractivity contribution in [1.82, 2.24) is 9.65 Å². The maximum absolute atomic E-state index is 12.5. The van der Waals surface area contributed by atoms with Gasteiger partial charge in [0.15, 0.2) is 0 Å². The number of carbonyl (C=O) groups is 3. The van der Waals surface area contributed by atoms with Crippen molar-refractivity contribution in [3.05, 3.63) is 0 Å². The monoisotopic (exact) mass is 470 g/mol. The molecule has 10 heteroatoms. The first-order chi connectivity index (χ1) is 12.7. The van der Waals surface area contributed by atoms with Crippen molar-refractivity contribution < 1.29 is 19.5 Å². The fourth-order valence-electron chi connectivity index (χ4n) is 2.28. The van der Waals surface area contributed by atoms with Crippen molar-refractivity contribution in [3.8, 4) is 0 Å². The van der Waals surface area contributed by atoms with E-state index in [1.807, 2.05) is 20.1 Å². The maximum atomic E-state index is 12.5. The molecule has 0 aromatic carbocycles. The minimum atomic E-state index is -1.05. The van der Waals surface area contributed by atoms with Crippen LogP contribution in [0, 0.1) is 5.92 Å². The fraction of sp³-hybridized carbons (Fsp3) is 0.824. The molecule has 1 amide bonds. The molecule has 8 nitrogen and oxygen atoms in total. The van der Waals surface area contributed by atoms with E-state index in [2.05, 4.69) is 9.65 Å². The average molecular weight is 470 g/mol. The molecule has 0 unspecified atom stereocenters. The summed E-state index contributed by atoms with van der Waals surface area (Å²) < 4.78 is 2.91. The fourth-order valence-corrected chi connectivity index (χ4v) is 4.33. The second-order valence-corrected chi connectivity index (χ2v) is 9.55. The van der Waals surface area contributed by atoms with Gasteiger partial charge in [-0.25, -0.2) is 0 Å². The number of hydrogen-bond acceptors (Lipinski definition) is 7. The van der Waals surface area contributed by atoms with Crippen LogP contribution in [0.2, 0.25) is 0 Å². The number of hydrogen-bond donors (Lipinski definition) is 5. The molecule has 0 aliphatic rings. The zero-order valence-electron chi connectivity index (χ0n) is 16.4. The zero-order chi connectivity index (χ0) is 20.8. The van der Waals surface area contributed by atoms with E-state index in [4.69, 9.17) is 11.5 Å². The quantitative estimate of drug-likeness (QED) is 0.156. The normalized spacial score (nSPS) is 14.6. The van der Waals surface area contributed by atoms with Crippen LogP contribution in [-0.4, -0.2) is 73.5 Å². The Morgan fingerprint density at radius 2 is 1.81 bits per heavy atom. The Morgan fingerprint density at radius 3 is 2.33 bits per heavy atom. The first-order valence-corrected chi connectivity index (χ1v) is 12.3. The molecule has 0 saturated heterocycles. The Labute approximate surface area is 172 Å². The summed E-state index contributed by atoms with van der Waals surface area (Å²) >= 11 is 0.947. The van der Waals surface area contributed by atoms with E-state index in [1.165, 1.54) is 0 Å². The summed E-state index contributed by atoms with van der Waals surface area (Å²) in [5.41, 5.74) is 11.3. The van der Waals surface area contributed by atoms with E-state index in [-0.39, 0.29) is 16.5 Å². The number of thioether (sulfide) groups is 1. The number of rotatable bonds is 16. The second-order valence-electron chi connectivity index (χ2n) is 6.79. The second kappa shape index (κ2) is 15.3. The Kier molecular flexibility index (Phi) is 14.9. The van der Waals surface area contributed by atoms with Crippen molar-refractivity contribution >= 4 is 43.5 Å². The molecule has 7 N–H and O–H groups in total. The molecule has 27 heavy (non-hydrogen) atoms. The Morgan fingerprint density at radius 1 is 1.15 bits per heavy atom. The first-order valence-electron chi connectivity index (χ1n) is 9.16. The summed E-state index contributed by atoms with van der Waals surface area (Å²) in [4.78, 5) is 36.1. The third kappa shape index (κ3) is 12.4. The number of carboxylic acid groups (broad SMARTS) is 1. The molecule has 0 aliphatic heterocycles. The molecular weight excluding hydrogens is 435 g/mol. The van der Waals surface area contributed by atoms with Crippen LogP contribution in [0.25, 0.3) is 0 Å². The SMILES string of the molecule is CSCC[C@H](N[Se]C(=O)[C@@H](N)CCCCN)C(=O)N[C@@H](CC(C)C)C(=O)O. The van der Waals surface area contributed by atoms with E-state index >= 15 is 0 Å². The van der Waals surface area contributed by atoms with Crippen LogP contribution >= 0.6 is 11.8 Å². The number of nitrogens with one attached hydrogen (secondary N) is 2. The van der Waals surface area contributed by atoms with E-state index < -0.39 is 39.3 Å². The van der Waals surface area contributed by atoms with Gasteiger partial charge in [0.1, 0.15) is 0 Å². The molecule has 0 aromatic rings. The Hall–Kier alpha value is -0.641. The van der Waals surface area contributed by atoms with Gasteiger partial charge in [-0.05, 0) is 0 Å². The topological polar surface area (TPSA) is 148 Å². The summed E-state index contributed by atoms with van der Waals surface area (Å²) in [7, 11) is 0. The van der Waals surface area contributed by atoms with Crippen molar-refractivity contribution in [2.75, 3.05) is 18.6 Å². The number of carbonyl (C=O) groups excluding carboxylic acids is 2. The number of nitrogens with two attached hydrogens (primary N) is 2. The van der Waals surface area contributed by atoms with Crippen molar-refractivity contribution in [2.24, 2.45) is 17.4 Å². The van der Waals surface area contributed by atoms with Crippen LogP contribution < -0.4 is 21.1 Å². The molecule has 0 rings (SSSR count). The predicted molar refractivity (Wildman–Crippen MR) is 111 cm³/mol. The average Bonchev–Trinajstić information content (AvgIpc) is 2.60. The summed E-state index contributed by atoms with van der Waals surface area (Å²) in [6.45, 7) is 4.38. The molecule has 0 saturated carbocycles. The molecule has 0 bridgehead atoms. The van der Waals surface area contributed by atoms with Crippen LogP contribution in [0.5, 0.6) is 0 Å². The molecule has 0 heterocycles. The standard InChI is InChI=1S/C17H34N4O4SSe/c1-11(2)10-14(16(23)24)20-15(22)13(7-9-26-3)21-27-17(25)12(19)6-4-5-8-18/h11-14,21H,4-10,18-19H2,1-3H3,(H,20,22)(H,23,24)/t12-,13-,14-/m0/s1. The molecule has 0 radical (unpaired) electrons. The molecule has 0 aliphatic carbocycles. The van der Waals surface area contributed by atoms with Gasteiger partial charge in [-0.15, -0.1) is 0 Å². The molecule has 0 aromatic heterocycles. The van der Waals surface area contributed by atoms with E-state index in [0.717, 1.165) is 18.6 Å². The third-order valence-electron chi connectivity index (χ3n) is 3.82. The van der Waals surface area contributed by atoms with Gasteiger partial charge in [-0.1, -0.05) is 0 Å². The van der Waals surface area contributed by atoms with Gasteiger partial charge in [0.05, 0.1) is 0 Å². The number of unbranched alkanes of at least 4 members (excludes halogenated alkanes) is 1. The van der Waals surface area contributed by atoms with Crippen LogP contribution in [0.1, 0.15) is 46.0 Å². The van der Waals surface area contributed by atoms with Gasteiger partial charge < -0.3 is 0 Å². The molecule has 0 fully saturated rings. The van der Waals surface area contributed by atoms with Crippen molar-refractivity contribution in [1.29, 1.82) is 0 Å². The molecule has 158 valence electrons. The van der Waals surface area contributed by atoms with Crippen LogP contribution in [-0.2, 0) is 14.4 Å². The Balaban J connectivity index is 4.73. The molecular formula is C17H34N4O4SSe. The van der Waals surface area contributed by atoms with Gasteiger partial charge in [-0.3, -0.25) is 0 Å². The van der Waals surface area contributed by atoms with Gasteiger partial charge >= 0.3 is 173 Å². The summed E-state index contributed by atoms with van der Waals surface area (Å²) in [5.74, 6) is -0.575. The molecule has 0 spiro atoms. The predicted octanol–water partition coefficient (Wildman–Crippen LogP) is -0.0847. The van der Waals surface area contributed by atoms with E-state index in [0.29, 0.717) is 25.8 Å². The van der Waals surface area contributed by atoms with Gasteiger partial charge in [0, 0.05) is 0 Å². The van der Waals surface area contributed by atoms with E-state index in [9.17, 15) is 19.5 Å². The summed E-state index contributed by atoms with van der Waals surface area (Å²) in [5, 5.41) is 11.9. The zero-order valence-corrected chi connectivity index (χ0v) is 18.9. The summed E-state index contributed by atoms with van der Waals surface area (Å²) in [6.07, 6.45) is 5.00. The van der Waals surface area contributed by atoms with E-state index in [1.54, 1.807) is 11.8 Å². The van der Waals surface area contributed by atoms with Crippen LogP contribution in [0.4, 0.5) is 0 Å². The van der Waals surface area contributed by atoms with Crippen molar-refractivity contribution in [3.63, 3.8) is 0 Å². The van der Waals surface area contributed by atoms with Gasteiger partial charge in [-0.2, -0.15) is 0 Å². The summed E-state index contributed by atoms with van der Waals surface area (Å²) in [6, 6.07) is -2.09. The van der Waals surface area contributed by atoms with Crippen LogP contribution in [0.3, 0.4) is 0 Å². The van der Waals surface area contributed by atoms with Gasteiger partial charge in [0.2, 0.25) is 0 Å². The van der Waals surface area contributed by atoms with Crippen LogP contribution in [0.15, 0.2) is 0 Å². The van der Waals surface area contributed by atoms with Gasteiger partial charge in [0.25, 0.3) is 0 Å². The first kappa shape index (κ1) is 26.4. The van der Waals surface area contributed by atoms with Crippen molar-refractivity contribution in [2.45, 2.75) is 64.1 Å². The molecule has 3 atom stereocenters. The number of aliphatic carboxylic acids is 1. The Bertz CT molecular complexity index is 468. The third-order valence-corrected chi connectivity index (χ3v) is 6.37. The minimum absolute atomic E-state index is 0.0987.